The minimum Gasteiger partial charge on any atom is -0.362 e. The van der Waals surface area contributed by atoms with Gasteiger partial charge in [0.1, 0.15) is 0 Å². The van der Waals surface area contributed by atoms with Crippen molar-refractivity contribution in [2.24, 2.45) is 0 Å². The molecule has 1 aliphatic heterocycles. The SMILES string of the molecule is O=C1Nc2ccc(C(=O)Nc3ccccc3)cc2C1=Cc1ccc[nH]1. The van der Waals surface area contributed by atoms with Gasteiger partial charge in [0, 0.05) is 34.4 Å². The van der Waals surface area contributed by atoms with E-state index in [1.807, 2.05) is 42.5 Å². The molecular formula is C20H15N3O2. The number of fused-ring (bicyclic) bond motifs is 1. The van der Waals surface area contributed by atoms with Crippen LogP contribution in [0.2, 0.25) is 0 Å². The zero-order chi connectivity index (χ0) is 17.2. The second-order valence-corrected chi connectivity index (χ2v) is 5.72. The van der Waals surface area contributed by atoms with Crippen molar-refractivity contribution < 1.29 is 9.59 Å². The first-order chi connectivity index (χ1) is 12.2. The number of hydrogen-bond donors (Lipinski definition) is 3. The third-order valence-electron chi connectivity index (χ3n) is 4.02. The van der Waals surface area contributed by atoms with Crippen molar-refractivity contribution in [1.82, 2.24) is 4.98 Å². The van der Waals surface area contributed by atoms with Crippen molar-refractivity contribution in [3.8, 4) is 0 Å². The van der Waals surface area contributed by atoms with Crippen LogP contribution >= 0.6 is 0 Å². The molecule has 1 aliphatic rings. The molecular weight excluding hydrogens is 314 g/mol. The minimum atomic E-state index is -0.215. The molecule has 3 N–H and O–H groups in total. The molecule has 3 aromatic rings. The van der Waals surface area contributed by atoms with E-state index in [1.54, 1.807) is 30.5 Å². The Bertz CT molecular complexity index is 973. The van der Waals surface area contributed by atoms with Crippen LogP contribution in [-0.2, 0) is 4.79 Å². The summed E-state index contributed by atoms with van der Waals surface area (Å²) in [6, 6.07) is 18.2. The van der Waals surface area contributed by atoms with Gasteiger partial charge in [-0.25, -0.2) is 0 Å². The highest BCUT2D eigenvalue weighted by atomic mass is 16.2. The Balaban J connectivity index is 1.66. The molecule has 0 bridgehead atoms. The zero-order valence-corrected chi connectivity index (χ0v) is 13.2. The number of carbonyl (C=O) groups excluding carboxylic acids is 2. The minimum absolute atomic E-state index is 0.176. The quantitative estimate of drug-likeness (QED) is 0.640. The number of anilines is 2. The highest BCUT2D eigenvalue weighted by Gasteiger charge is 2.25. The summed E-state index contributed by atoms with van der Waals surface area (Å²) in [6.07, 6.45) is 3.57. The number of nitrogens with one attached hydrogen (secondary N) is 3. The van der Waals surface area contributed by atoms with Crippen molar-refractivity contribution in [1.29, 1.82) is 0 Å². The second kappa shape index (κ2) is 6.13. The number of benzene rings is 2. The summed E-state index contributed by atoms with van der Waals surface area (Å²) in [4.78, 5) is 27.8. The third-order valence-corrected chi connectivity index (χ3v) is 4.02. The Morgan fingerprint density at radius 2 is 1.84 bits per heavy atom. The molecule has 2 amide bonds. The maximum Gasteiger partial charge on any atom is 0.256 e. The fourth-order valence-corrected chi connectivity index (χ4v) is 2.79. The second-order valence-electron chi connectivity index (χ2n) is 5.72. The lowest BCUT2D eigenvalue weighted by Gasteiger charge is -2.07. The molecule has 0 unspecified atom stereocenters. The predicted molar refractivity (Wildman–Crippen MR) is 98.1 cm³/mol. The van der Waals surface area contributed by atoms with Crippen LogP contribution < -0.4 is 10.6 Å². The van der Waals surface area contributed by atoms with Crippen molar-refractivity contribution in [3.63, 3.8) is 0 Å². The summed E-state index contributed by atoms with van der Waals surface area (Å²) in [5.41, 5.74) is 4.02. The number of para-hydroxylation sites is 1. The average molecular weight is 329 g/mol. The lowest BCUT2D eigenvalue weighted by molar-refractivity contribution is -0.110. The Kier molecular flexibility index (Phi) is 3.67. The standard InChI is InChI=1S/C20H15N3O2/c24-19(22-14-5-2-1-3-6-14)13-8-9-18-16(11-13)17(20(25)23-18)12-15-7-4-10-21-15/h1-12,21H,(H,22,24)(H,23,25). The van der Waals surface area contributed by atoms with Gasteiger partial charge in [-0.05, 0) is 48.5 Å². The van der Waals surface area contributed by atoms with Gasteiger partial charge in [0.25, 0.3) is 11.8 Å². The number of carbonyl (C=O) groups is 2. The van der Waals surface area contributed by atoms with E-state index in [-0.39, 0.29) is 11.8 Å². The summed E-state index contributed by atoms with van der Waals surface area (Å²) in [5, 5.41) is 5.67. The molecule has 0 atom stereocenters. The van der Waals surface area contributed by atoms with Crippen molar-refractivity contribution in [2.75, 3.05) is 10.6 Å². The van der Waals surface area contributed by atoms with Crippen LogP contribution in [0.1, 0.15) is 21.6 Å². The maximum absolute atomic E-state index is 12.5. The summed E-state index contributed by atoms with van der Waals surface area (Å²) in [7, 11) is 0. The van der Waals surface area contributed by atoms with Gasteiger partial charge in [0.05, 0.1) is 5.57 Å². The van der Waals surface area contributed by atoms with Crippen LogP contribution in [0.3, 0.4) is 0 Å². The lowest BCUT2D eigenvalue weighted by Crippen LogP contribution is -2.11. The van der Waals surface area contributed by atoms with Gasteiger partial charge in [-0.1, -0.05) is 18.2 Å². The summed E-state index contributed by atoms with van der Waals surface area (Å²) in [5.74, 6) is -0.391. The highest BCUT2D eigenvalue weighted by Crippen LogP contribution is 2.33. The highest BCUT2D eigenvalue weighted by molar-refractivity contribution is 6.35. The first kappa shape index (κ1) is 15.0. The van der Waals surface area contributed by atoms with E-state index < -0.39 is 0 Å². The molecule has 2 aromatic carbocycles. The molecule has 2 heterocycles. The summed E-state index contributed by atoms with van der Waals surface area (Å²) < 4.78 is 0. The molecule has 5 nitrogen and oxygen atoms in total. The van der Waals surface area contributed by atoms with Crippen molar-refractivity contribution >= 4 is 34.8 Å². The van der Waals surface area contributed by atoms with Gasteiger partial charge in [-0.3, -0.25) is 9.59 Å². The number of amides is 2. The van der Waals surface area contributed by atoms with Crippen LogP contribution in [-0.4, -0.2) is 16.8 Å². The lowest BCUT2D eigenvalue weighted by atomic mass is 10.0. The molecule has 0 radical (unpaired) electrons. The maximum atomic E-state index is 12.5. The molecule has 25 heavy (non-hydrogen) atoms. The number of hydrogen-bond acceptors (Lipinski definition) is 2. The number of rotatable bonds is 3. The molecule has 0 spiro atoms. The fraction of sp³-hybridized carbons (Fsp3) is 0. The Labute approximate surface area is 144 Å². The van der Waals surface area contributed by atoms with Gasteiger partial charge in [0.15, 0.2) is 0 Å². The Hall–Kier alpha value is -3.60. The van der Waals surface area contributed by atoms with Gasteiger partial charge in [0.2, 0.25) is 0 Å². The first-order valence-electron chi connectivity index (χ1n) is 7.88. The average Bonchev–Trinajstić information content (AvgIpc) is 3.24. The smallest absolute Gasteiger partial charge is 0.256 e. The molecule has 4 rings (SSSR count). The van der Waals surface area contributed by atoms with Crippen LogP contribution in [0.4, 0.5) is 11.4 Å². The van der Waals surface area contributed by atoms with E-state index in [0.717, 1.165) is 16.9 Å². The monoisotopic (exact) mass is 329 g/mol. The van der Waals surface area contributed by atoms with Gasteiger partial charge < -0.3 is 15.6 Å². The topological polar surface area (TPSA) is 74.0 Å². The fourth-order valence-electron chi connectivity index (χ4n) is 2.79. The first-order valence-corrected chi connectivity index (χ1v) is 7.88. The van der Waals surface area contributed by atoms with Crippen molar-refractivity contribution in [3.05, 3.63) is 83.7 Å². The van der Waals surface area contributed by atoms with E-state index in [9.17, 15) is 9.59 Å². The van der Waals surface area contributed by atoms with Gasteiger partial charge in [-0.15, -0.1) is 0 Å². The Morgan fingerprint density at radius 1 is 1.00 bits per heavy atom. The third kappa shape index (κ3) is 2.95. The molecule has 1 aromatic heterocycles. The largest absolute Gasteiger partial charge is 0.362 e. The molecule has 0 fully saturated rings. The van der Waals surface area contributed by atoms with E-state index >= 15 is 0 Å². The van der Waals surface area contributed by atoms with Gasteiger partial charge in [-0.2, -0.15) is 0 Å². The number of H-pyrrole nitrogens is 1. The van der Waals surface area contributed by atoms with Crippen LogP contribution in [0, 0.1) is 0 Å². The normalized spacial score (nSPS) is 14.2. The molecule has 0 saturated heterocycles. The number of aromatic nitrogens is 1. The van der Waals surface area contributed by atoms with E-state index in [0.29, 0.717) is 16.8 Å². The van der Waals surface area contributed by atoms with Crippen molar-refractivity contribution in [2.45, 2.75) is 0 Å². The molecule has 5 heteroatoms. The zero-order valence-electron chi connectivity index (χ0n) is 13.2. The van der Waals surface area contributed by atoms with E-state index in [1.165, 1.54) is 0 Å². The Morgan fingerprint density at radius 3 is 2.60 bits per heavy atom. The van der Waals surface area contributed by atoms with Gasteiger partial charge >= 0.3 is 0 Å². The van der Waals surface area contributed by atoms with E-state index in [4.69, 9.17) is 0 Å². The number of aromatic amines is 1. The summed E-state index contributed by atoms with van der Waals surface area (Å²) in [6.45, 7) is 0. The molecule has 0 saturated carbocycles. The van der Waals surface area contributed by atoms with Crippen LogP contribution in [0.25, 0.3) is 11.6 Å². The predicted octanol–water partition coefficient (Wildman–Crippen LogP) is 3.76. The molecule has 0 aliphatic carbocycles. The molecule has 122 valence electrons. The summed E-state index contributed by atoms with van der Waals surface area (Å²) >= 11 is 0. The van der Waals surface area contributed by atoms with Crippen LogP contribution in [0.15, 0.2) is 66.9 Å². The van der Waals surface area contributed by atoms with E-state index in [2.05, 4.69) is 15.6 Å². The van der Waals surface area contributed by atoms with Crippen LogP contribution in [0.5, 0.6) is 0 Å².